The second-order valence-corrected chi connectivity index (χ2v) is 15.9. The molecular formula is C50H47N7O3. The molecular weight excluding hydrogens is 747 g/mol. The highest BCUT2D eigenvalue weighted by molar-refractivity contribution is 6.10. The maximum atomic E-state index is 13.9. The van der Waals surface area contributed by atoms with Gasteiger partial charge in [0, 0.05) is 29.8 Å². The number of carbonyl (C=O) groups is 3. The highest BCUT2D eigenvalue weighted by Gasteiger charge is 2.37. The molecule has 2 fully saturated rings. The number of aromatic nitrogens is 4. The van der Waals surface area contributed by atoms with Crippen molar-refractivity contribution in [1.29, 1.82) is 0 Å². The monoisotopic (exact) mass is 793 g/mol. The van der Waals surface area contributed by atoms with Crippen molar-refractivity contribution in [3.63, 3.8) is 0 Å². The molecule has 5 aromatic carbocycles. The predicted molar refractivity (Wildman–Crippen MR) is 233 cm³/mol. The number of hydrogen-bond acceptors (Lipinski definition) is 6. The highest BCUT2D eigenvalue weighted by atomic mass is 16.2. The average molecular weight is 794 g/mol. The van der Waals surface area contributed by atoms with Gasteiger partial charge in [-0.1, -0.05) is 121 Å². The van der Waals surface area contributed by atoms with Crippen LogP contribution in [0.25, 0.3) is 33.6 Å². The normalized spacial score (nSPS) is 17.0. The summed E-state index contributed by atoms with van der Waals surface area (Å²) in [5, 5.41) is 0. The SMILES string of the molecule is CN(C)[C@@H](C(=O)N1CCC[C@H]1c1ncc(-c2ccc(-c3ccc(-c4cnc([C@@H]5CCCN5C(=O)c5cccc(C(=O)c6ccccc6)c5)[nH]4)cc3)cc2)[nH]1)c1ccccc1. The molecule has 0 spiro atoms. The van der Waals surface area contributed by atoms with Crippen molar-refractivity contribution in [2.24, 2.45) is 0 Å². The first kappa shape index (κ1) is 38.6. The number of aromatic amines is 2. The van der Waals surface area contributed by atoms with Crippen molar-refractivity contribution in [1.82, 2.24) is 34.6 Å². The molecule has 2 aliphatic heterocycles. The topological polar surface area (TPSA) is 118 Å². The van der Waals surface area contributed by atoms with E-state index in [1.165, 1.54) is 0 Å². The van der Waals surface area contributed by atoms with Gasteiger partial charge in [0.1, 0.15) is 17.7 Å². The van der Waals surface area contributed by atoms with Gasteiger partial charge in [-0.05, 0) is 79.7 Å². The van der Waals surface area contributed by atoms with Gasteiger partial charge in [0.2, 0.25) is 5.91 Å². The number of rotatable bonds is 11. The number of hydrogen-bond donors (Lipinski definition) is 2. The lowest BCUT2D eigenvalue weighted by molar-refractivity contribution is -0.137. The Kier molecular flexibility index (Phi) is 10.8. The highest BCUT2D eigenvalue weighted by Crippen LogP contribution is 2.36. The second kappa shape index (κ2) is 16.8. The maximum Gasteiger partial charge on any atom is 0.254 e. The molecule has 2 aliphatic rings. The van der Waals surface area contributed by atoms with Gasteiger partial charge in [0.15, 0.2) is 5.78 Å². The van der Waals surface area contributed by atoms with Crippen LogP contribution < -0.4 is 0 Å². The van der Waals surface area contributed by atoms with Crippen molar-refractivity contribution in [2.45, 2.75) is 43.8 Å². The molecule has 7 aromatic rings. The Labute approximate surface area is 349 Å². The summed E-state index contributed by atoms with van der Waals surface area (Å²) >= 11 is 0. The molecule has 0 radical (unpaired) electrons. The molecule has 0 saturated carbocycles. The van der Waals surface area contributed by atoms with Gasteiger partial charge >= 0.3 is 0 Å². The number of carbonyl (C=O) groups excluding carboxylic acids is 3. The Morgan fingerprint density at radius 2 is 1.07 bits per heavy atom. The summed E-state index contributed by atoms with van der Waals surface area (Å²) < 4.78 is 0. The van der Waals surface area contributed by atoms with Crippen molar-refractivity contribution >= 4 is 17.6 Å². The van der Waals surface area contributed by atoms with Crippen molar-refractivity contribution < 1.29 is 14.4 Å². The fourth-order valence-electron chi connectivity index (χ4n) is 8.77. The molecule has 9 rings (SSSR count). The van der Waals surface area contributed by atoms with Crippen LogP contribution in [0.3, 0.4) is 0 Å². The molecule has 2 aromatic heterocycles. The summed E-state index contributed by atoms with van der Waals surface area (Å²) in [6.07, 6.45) is 7.19. The number of ketones is 1. The molecule has 0 unspecified atom stereocenters. The third kappa shape index (κ3) is 7.69. The van der Waals surface area contributed by atoms with Crippen LogP contribution >= 0.6 is 0 Å². The van der Waals surface area contributed by atoms with E-state index in [1.54, 1.807) is 36.4 Å². The first-order valence-corrected chi connectivity index (χ1v) is 20.7. The molecule has 3 atom stereocenters. The van der Waals surface area contributed by atoms with E-state index in [0.29, 0.717) is 29.8 Å². The van der Waals surface area contributed by atoms with E-state index >= 15 is 0 Å². The van der Waals surface area contributed by atoms with Crippen LogP contribution in [-0.2, 0) is 4.79 Å². The van der Waals surface area contributed by atoms with E-state index in [1.807, 2.05) is 89.7 Å². The minimum atomic E-state index is -0.351. The van der Waals surface area contributed by atoms with Crippen molar-refractivity contribution in [3.8, 4) is 33.6 Å². The molecule has 60 heavy (non-hydrogen) atoms. The van der Waals surface area contributed by atoms with Gasteiger partial charge in [0.25, 0.3) is 5.91 Å². The van der Waals surface area contributed by atoms with Gasteiger partial charge in [-0.25, -0.2) is 9.97 Å². The molecule has 0 bridgehead atoms. The van der Waals surface area contributed by atoms with E-state index < -0.39 is 0 Å². The Morgan fingerprint density at radius 3 is 1.63 bits per heavy atom. The summed E-state index contributed by atoms with van der Waals surface area (Å²) in [4.78, 5) is 63.2. The van der Waals surface area contributed by atoms with E-state index in [9.17, 15) is 14.4 Å². The second-order valence-electron chi connectivity index (χ2n) is 15.9. The van der Waals surface area contributed by atoms with Crippen LogP contribution in [0.2, 0.25) is 0 Å². The fraction of sp³-hybridized carbons (Fsp3) is 0.220. The molecule has 0 aliphatic carbocycles. The summed E-state index contributed by atoms with van der Waals surface area (Å²) in [6.45, 7) is 1.33. The lowest BCUT2D eigenvalue weighted by Crippen LogP contribution is -2.40. The first-order valence-electron chi connectivity index (χ1n) is 20.7. The molecule has 4 heterocycles. The molecule has 2 N–H and O–H groups in total. The number of likely N-dealkylation sites (tertiary alicyclic amines) is 2. The molecule has 10 nitrogen and oxygen atoms in total. The molecule has 10 heteroatoms. The number of nitrogens with one attached hydrogen (secondary N) is 2. The van der Waals surface area contributed by atoms with E-state index in [0.717, 1.165) is 76.5 Å². The largest absolute Gasteiger partial charge is 0.340 e. The zero-order valence-electron chi connectivity index (χ0n) is 33.8. The van der Waals surface area contributed by atoms with Gasteiger partial charge in [0.05, 0.1) is 35.9 Å². The van der Waals surface area contributed by atoms with Crippen LogP contribution in [0.15, 0.2) is 146 Å². The van der Waals surface area contributed by atoms with Gasteiger partial charge in [-0.2, -0.15) is 0 Å². The minimum Gasteiger partial charge on any atom is -0.340 e. The van der Waals surface area contributed by atoms with Crippen molar-refractivity contribution in [3.05, 3.63) is 180 Å². The summed E-state index contributed by atoms with van der Waals surface area (Å²) in [5.41, 5.74) is 8.58. The smallest absolute Gasteiger partial charge is 0.254 e. The van der Waals surface area contributed by atoms with Crippen molar-refractivity contribution in [2.75, 3.05) is 27.2 Å². The molecule has 300 valence electrons. The van der Waals surface area contributed by atoms with Crippen LogP contribution in [-0.4, -0.2) is 79.4 Å². The van der Waals surface area contributed by atoms with Gasteiger partial charge in [-0.15, -0.1) is 0 Å². The van der Waals surface area contributed by atoms with Gasteiger partial charge < -0.3 is 19.8 Å². The summed E-state index contributed by atoms with van der Waals surface area (Å²) in [7, 11) is 3.91. The van der Waals surface area contributed by atoms with E-state index in [2.05, 4.69) is 58.5 Å². The Morgan fingerprint density at radius 1 is 0.583 bits per heavy atom. The fourth-order valence-corrected chi connectivity index (χ4v) is 8.77. The molecule has 2 amide bonds. The zero-order chi connectivity index (χ0) is 41.2. The van der Waals surface area contributed by atoms with Crippen LogP contribution in [0.1, 0.15) is 87.3 Å². The third-order valence-corrected chi connectivity index (χ3v) is 11.9. The number of imidazole rings is 2. The minimum absolute atomic E-state index is 0.0954. The number of benzene rings is 5. The Balaban J connectivity index is 0.852. The molecule has 2 saturated heterocycles. The lowest BCUT2D eigenvalue weighted by Gasteiger charge is -2.31. The summed E-state index contributed by atoms with van der Waals surface area (Å²) in [5.74, 6) is 1.46. The van der Waals surface area contributed by atoms with E-state index in [-0.39, 0.29) is 35.7 Å². The first-order chi connectivity index (χ1) is 29.3. The van der Waals surface area contributed by atoms with E-state index in [4.69, 9.17) is 9.97 Å². The summed E-state index contributed by atoms with van der Waals surface area (Å²) in [6, 6.07) is 42.3. The average Bonchev–Trinajstić information content (AvgIpc) is 4.14. The number of amides is 2. The zero-order valence-corrected chi connectivity index (χ0v) is 33.8. The number of likely N-dealkylation sites (N-methyl/N-ethyl adjacent to an activating group) is 1. The standard InChI is InChI=1S/C50H47N7O3/c1-55(2)45(37-12-5-3-6-13-37)50(60)57-29-11-19-44(57)48-52-32-42(54-48)36-26-22-34(23-27-36)33-20-24-35(25-21-33)41-31-51-47(53-41)43-18-10-28-56(43)49(59)40-17-9-16-39(30-40)46(58)38-14-7-4-8-15-38/h3-9,12-17,20-27,30-32,43-45H,10-11,18-19,28-29H2,1-2H3,(H,51,53)(H,52,54)/t43-,44-,45+/m0/s1. The van der Waals surface area contributed by atoms with Crippen LogP contribution in [0.4, 0.5) is 0 Å². The lowest BCUT2D eigenvalue weighted by atomic mass is 10.0. The Hall–Kier alpha value is -6.91. The number of H-pyrrole nitrogens is 2. The third-order valence-electron chi connectivity index (χ3n) is 11.9. The number of nitrogens with zero attached hydrogens (tertiary/aromatic N) is 5. The maximum absolute atomic E-state index is 13.9. The van der Waals surface area contributed by atoms with Crippen LogP contribution in [0, 0.1) is 0 Å². The quantitative estimate of drug-likeness (QED) is 0.126. The Bertz CT molecular complexity index is 2620. The van der Waals surface area contributed by atoms with Crippen LogP contribution in [0.5, 0.6) is 0 Å². The predicted octanol–water partition coefficient (Wildman–Crippen LogP) is 9.31. The van der Waals surface area contributed by atoms with Gasteiger partial charge in [-0.3, -0.25) is 19.3 Å².